The van der Waals surface area contributed by atoms with E-state index in [9.17, 15) is 0 Å². The molecule has 2 aromatic rings. The molecule has 0 bridgehead atoms. The Kier molecular flexibility index (Phi) is 3.85. The number of rotatable bonds is 5. The Hall–Kier alpha value is -1.28. The summed E-state index contributed by atoms with van der Waals surface area (Å²) in [6, 6.07) is 8.83. The fourth-order valence-electron chi connectivity index (χ4n) is 2.35. The number of fused-ring (bicyclic) bond motifs is 1. The lowest BCUT2D eigenvalue weighted by molar-refractivity contribution is 0.535. The van der Waals surface area contributed by atoms with Gasteiger partial charge in [-0.3, -0.25) is 0 Å². The molecular weight excluding hydrogens is 208 g/mol. The van der Waals surface area contributed by atoms with Crippen molar-refractivity contribution < 1.29 is 0 Å². The highest BCUT2D eigenvalue weighted by atomic mass is 15.0. The molecule has 1 aromatic carbocycles. The van der Waals surface area contributed by atoms with Crippen molar-refractivity contribution in [3.8, 4) is 0 Å². The molecule has 0 aliphatic rings. The molecule has 0 amide bonds. The molecule has 92 valence electrons. The molecule has 0 atom stereocenters. The van der Waals surface area contributed by atoms with Gasteiger partial charge in [-0.1, -0.05) is 26.0 Å². The summed E-state index contributed by atoms with van der Waals surface area (Å²) in [6.45, 7) is 6.36. The minimum atomic E-state index is 0.679. The van der Waals surface area contributed by atoms with Crippen LogP contribution in [0.3, 0.4) is 0 Å². The van der Waals surface area contributed by atoms with Gasteiger partial charge in [0.15, 0.2) is 0 Å². The zero-order chi connectivity index (χ0) is 12.3. The number of nitrogens with zero attached hydrogens (tertiary/aromatic N) is 1. The van der Waals surface area contributed by atoms with Crippen LogP contribution in [0.5, 0.6) is 0 Å². The zero-order valence-electron chi connectivity index (χ0n) is 10.8. The van der Waals surface area contributed by atoms with E-state index in [1.165, 1.54) is 16.5 Å². The molecule has 0 spiro atoms. The Bertz CT molecular complexity index is 483. The molecule has 2 rings (SSSR count). The van der Waals surface area contributed by atoms with E-state index in [1.54, 1.807) is 0 Å². The Morgan fingerprint density at radius 2 is 2.06 bits per heavy atom. The van der Waals surface area contributed by atoms with Crippen molar-refractivity contribution in [2.24, 2.45) is 11.7 Å². The fraction of sp³-hybridized carbons (Fsp3) is 0.467. The largest absolute Gasteiger partial charge is 0.347 e. The minimum absolute atomic E-state index is 0.679. The van der Waals surface area contributed by atoms with Crippen molar-refractivity contribution in [1.29, 1.82) is 0 Å². The second-order valence-electron chi connectivity index (χ2n) is 5.10. The molecule has 0 saturated heterocycles. The second kappa shape index (κ2) is 5.37. The Morgan fingerprint density at radius 3 is 2.76 bits per heavy atom. The summed E-state index contributed by atoms with van der Waals surface area (Å²) in [7, 11) is 0. The number of aryl methyl sites for hydroxylation is 1. The van der Waals surface area contributed by atoms with E-state index in [4.69, 9.17) is 5.73 Å². The molecule has 2 nitrogen and oxygen atoms in total. The molecule has 2 heteroatoms. The molecule has 0 radical (unpaired) electrons. The summed E-state index contributed by atoms with van der Waals surface area (Å²) < 4.78 is 2.35. The summed E-state index contributed by atoms with van der Waals surface area (Å²) in [5.74, 6) is 0.679. The van der Waals surface area contributed by atoms with Crippen LogP contribution in [0.2, 0.25) is 0 Å². The predicted octanol–water partition coefficient (Wildman–Crippen LogP) is 3.19. The first-order valence-electron chi connectivity index (χ1n) is 6.49. The Labute approximate surface area is 103 Å². The van der Waals surface area contributed by atoms with Gasteiger partial charge in [0.05, 0.1) is 0 Å². The monoisotopic (exact) mass is 230 g/mol. The third-order valence-electron chi connectivity index (χ3n) is 3.12. The minimum Gasteiger partial charge on any atom is -0.347 e. The van der Waals surface area contributed by atoms with Crippen LogP contribution >= 0.6 is 0 Å². The van der Waals surface area contributed by atoms with E-state index in [1.807, 2.05) is 0 Å². The van der Waals surface area contributed by atoms with Gasteiger partial charge in [-0.15, -0.1) is 0 Å². The van der Waals surface area contributed by atoms with E-state index < -0.39 is 0 Å². The zero-order valence-corrected chi connectivity index (χ0v) is 10.8. The summed E-state index contributed by atoms with van der Waals surface area (Å²) in [4.78, 5) is 0. The van der Waals surface area contributed by atoms with Crippen molar-refractivity contribution in [2.75, 3.05) is 6.54 Å². The van der Waals surface area contributed by atoms with Crippen LogP contribution in [-0.2, 0) is 13.0 Å². The lowest BCUT2D eigenvalue weighted by Crippen LogP contribution is -2.03. The molecule has 1 heterocycles. The van der Waals surface area contributed by atoms with Gasteiger partial charge in [0.2, 0.25) is 0 Å². The first kappa shape index (κ1) is 12.2. The quantitative estimate of drug-likeness (QED) is 0.840. The van der Waals surface area contributed by atoms with Gasteiger partial charge in [-0.25, -0.2) is 0 Å². The molecule has 1 aromatic heterocycles. The van der Waals surface area contributed by atoms with Gasteiger partial charge in [0, 0.05) is 23.6 Å². The highest BCUT2D eigenvalue weighted by Gasteiger charge is 2.06. The number of benzene rings is 1. The normalized spacial score (nSPS) is 11.5. The molecule has 17 heavy (non-hydrogen) atoms. The topological polar surface area (TPSA) is 30.9 Å². The van der Waals surface area contributed by atoms with E-state index in [2.05, 4.69) is 48.9 Å². The van der Waals surface area contributed by atoms with Crippen LogP contribution in [0.25, 0.3) is 10.9 Å². The maximum absolute atomic E-state index is 5.59. The predicted molar refractivity (Wildman–Crippen MR) is 74.2 cm³/mol. The average molecular weight is 230 g/mol. The Morgan fingerprint density at radius 1 is 1.24 bits per heavy atom. The molecule has 2 N–H and O–H groups in total. The number of aromatic nitrogens is 1. The second-order valence-corrected chi connectivity index (χ2v) is 5.10. The fourth-order valence-corrected chi connectivity index (χ4v) is 2.35. The molecule has 0 unspecified atom stereocenters. The van der Waals surface area contributed by atoms with Gasteiger partial charge in [-0.05, 0) is 43.0 Å². The maximum atomic E-state index is 5.59. The summed E-state index contributed by atoms with van der Waals surface area (Å²) in [5.41, 5.74) is 8.37. The molecule has 0 saturated carbocycles. The highest BCUT2D eigenvalue weighted by Crippen LogP contribution is 2.22. The number of hydrogen-bond acceptors (Lipinski definition) is 1. The third kappa shape index (κ3) is 2.70. The molecule has 0 fully saturated rings. The smallest absolute Gasteiger partial charge is 0.0483 e. The van der Waals surface area contributed by atoms with E-state index >= 15 is 0 Å². The summed E-state index contributed by atoms with van der Waals surface area (Å²) in [6.07, 6.45) is 4.35. The van der Waals surface area contributed by atoms with E-state index in [0.29, 0.717) is 5.92 Å². The third-order valence-corrected chi connectivity index (χ3v) is 3.12. The molecule has 0 aliphatic carbocycles. The van der Waals surface area contributed by atoms with Crippen LogP contribution in [0.4, 0.5) is 0 Å². The van der Waals surface area contributed by atoms with Crippen LogP contribution < -0.4 is 5.73 Å². The van der Waals surface area contributed by atoms with E-state index in [0.717, 1.165) is 25.9 Å². The first-order valence-corrected chi connectivity index (χ1v) is 6.49. The standard InChI is InChI=1S/C15H22N2/c1-12(2)11-17-10-8-14-13(6-4-9-16)5-3-7-15(14)17/h3,5,7-8,10,12H,4,6,9,11,16H2,1-2H3. The van der Waals surface area contributed by atoms with Crippen LogP contribution in [0.15, 0.2) is 30.5 Å². The summed E-state index contributed by atoms with van der Waals surface area (Å²) in [5, 5.41) is 1.39. The SMILES string of the molecule is CC(C)Cn1ccc2c(CCCN)cccc21. The van der Waals surface area contributed by atoms with Gasteiger partial charge in [0.1, 0.15) is 0 Å². The van der Waals surface area contributed by atoms with E-state index in [-0.39, 0.29) is 0 Å². The van der Waals surface area contributed by atoms with Crippen LogP contribution in [0.1, 0.15) is 25.8 Å². The lowest BCUT2D eigenvalue weighted by Gasteiger charge is -2.09. The van der Waals surface area contributed by atoms with Crippen molar-refractivity contribution in [2.45, 2.75) is 33.2 Å². The molecule has 0 aliphatic heterocycles. The van der Waals surface area contributed by atoms with Crippen LogP contribution in [-0.4, -0.2) is 11.1 Å². The van der Waals surface area contributed by atoms with Gasteiger partial charge in [0.25, 0.3) is 0 Å². The van der Waals surface area contributed by atoms with Crippen molar-refractivity contribution in [1.82, 2.24) is 4.57 Å². The van der Waals surface area contributed by atoms with Crippen molar-refractivity contribution in [3.63, 3.8) is 0 Å². The maximum Gasteiger partial charge on any atom is 0.0483 e. The summed E-state index contributed by atoms with van der Waals surface area (Å²) >= 11 is 0. The highest BCUT2D eigenvalue weighted by molar-refractivity contribution is 5.83. The molecular formula is C15H22N2. The lowest BCUT2D eigenvalue weighted by atomic mass is 10.1. The number of hydrogen-bond donors (Lipinski definition) is 1. The van der Waals surface area contributed by atoms with Crippen molar-refractivity contribution in [3.05, 3.63) is 36.0 Å². The number of nitrogens with two attached hydrogens (primary N) is 1. The van der Waals surface area contributed by atoms with Crippen LogP contribution in [0, 0.1) is 5.92 Å². The average Bonchev–Trinajstić information content (AvgIpc) is 2.70. The Balaban J connectivity index is 2.35. The van der Waals surface area contributed by atoms with Gasteiger partial charge in [-0.2, -0.15) is 0 Å². The van der Waals surface area contributed by atoms with Crippen molar-refractivity contribution >= 4 is 10.9 Å². The van der Waals surface area contributed by atoms with Gasteiger partial charge >= 0.3 is 0 Å². The first-order chi connectivity index (χ1) is 8.22. The van der Waals surface area contributed by atoms with Gasteiger partial charge < -0.3 is 10.3 Å².